The lowest BCUT2D eigenvalue weighted by atomic mass is 10.1. The van der Waals surface area contributed by atoms with Crippen molar-refractivity contribution < 1.29 is 9.90 Å². The lowest BCUT2D eigenvalue weighted by molar-refractivity contribution is -0.136. The van der Waals surface area contributed by atoms with Crippen LogP contribution in [0, 0.1) is 0 Å². The van der Waals surface area contributed by atoms with Crippen LogP contribution in [0.2, 0.25) is 0 Å². The number of hydrogen-bond acceptors (Lipinski definition) is 2. The second-order valence-corrected chi connectivity index (χ2v) is 3.37. The zero-order chi connectivity index (χ0) is 10.4. The zero-order valence-corrected chi connectivity index (χ0v) is 8.23. The van der Waals surface area contributed by atoms with E-state index in [2.05, 4.69) is 5.32 Å². The maximum Gasteiger partial charge on any atom is 0.317 e. The Balaban J connectivity index is 2.34. The van der Waals surface area contributed by atoms with Gasteiger partial charge < -0.3 is 10.4 Å². The van der Waals surface area contributed by atoms with Crippen LogP contribution < -0.4 is 5.32 Å². The molecule has 2 N–H and O–H groups in total. The van der Waals surface area contributed by atoms with Crippen LogP contribution in [0.15, 0.2) is 30.3 Å². The van der Waals surface area contributed by atoms with E-state index >= 15 is 0 Å². The fourth-order valence-electron chi connectivity index (χ4n) is 1.30. The van der Waals surface area contributed by atoms with E-state index in [0.717, 1.165) is 6.42 Å². The molecule has 1 aromatic rings. The summed E-state index contributed by atoms with van der Waals surface area (Å²) in [7, 11) is 0. The lowest BCUT2D eigenvalue weighted by Gasteiger charge is -2.11. The van der Waals surface area contributed by atoms with Gasteiger partial charge in [-0.3, -0.25) is 4.79 Å². The van der Waals surface area contributed by atoms with Crippen molar-refractivity contribution in [2.24, 2.45) is 0 Å². The predicted molar refractivity (Wildman–Crippen MR) is 55.2 cm³/mol. The normalized spacial score (nSPS) is 12.4. The molecule has 0 amide bonds. The van der Waals surface area contributed by atoms with E-state index in [1.165, 1.54) is 5.56 Å². The van der Waals surface area contributed by atoms with Gasteiger partial charge in [-0.1, -0.05) is 30.3 Å². The first-order chi connectivity index (χ1) is 6.68. The molecule has 1 atom stereocenters. The van der Waals surface area contributed by atoms with E-state index in [-0.39, 0.29) is 12.6 Å². The summed E-state index contributed by atoms with van der Waals surface area (Å²) in [6.45, 7) is 2.00. The third kappa shape index (κ3) is 4.05. The average Bonchev–Trinajstić information content (AvgIpc) is 2.16. The van der Waals surface area contributed by atoms with Gasteiger partial charge in [-0.05, 0) is 18.9 Å². The van der Waals surface area contributed by atoms with E-state index in [4.69, 9.17) is 5.11 Å². The molecule has 76 valence electrons. The van der Waals surface area contributed by atoms with E-state index in [0.29, 0.717) is 0 Å². The van der Waals surface area contributed by atoms with E-state index in [1.54, 1.807) is 0 Å². The third-order valence-corrected chi connectivity index (χ3v) is 1.99. The number of benzene rings is 1. The minimum Gasteiger partial charge on any atom is -0.480 e. The van der Waals surface area contributed by atoms with Crippen molar-refractivity contribution in [3.63, 3.8) is 0 Å². The van der Waals surface area contributed by atoms with Crippen LogP contribution in [-0.4, -0.2) is 23.7 Å². The van der Waals surface area contributed by atoms with Gasteiger partial charge >= 0.3 is 5.97 Å². The van der Waals surface area contributed by atoms with Gasteiger partial charge in [0.25, 0.3) is 0 Å². The molecular weight excluding hydrogens is 178 g/mol. The second-order valence-electron chi connectivity index (χ2n) is 3.37. The molecule has 0 aliphatic rings. The molecule has 0 bridgehead atoms. The molecule has 0 radical (unpaired) electrons. The molecule has 0 spiro atoms. The van der Waals surface area contributed by atoms with Crippen LogP contribution in [0.1, 0.15) is 12.5 Å². The van der Waals surface area contributed by atoms with Crippen molar-refractivity contribution in [2.45, 2.75) is 19.4 Å². The number of carboxylic acid groups (broad SMARTS) is 1. The molecule has 0 heterocycles. The van der Waals surface area contributed by atoms with Crippen LogP contribution in [0.25, 0.3) is 0 Å². The molecule has 3 nitrogen and oxygen atoms in total. The molecular formula is C11H15NO2. The van der Waals surface area contributed by atoms with E-state index < -0.39 is 5.97 Å². The Hall–Kier alpha value is -1.35. The largest absolute Gasteiger partial charge is 0.480 e. The molecule has 3 heteroatoms. The highest BCUT2D eigenvalue weighted by Gasteiger charge is 2.04. The van der Waals surface area contributed by atoms with Gasteiger partial charge in [0.15, 0.2) is 0 Å². The fourth-order valence-corrected chi connectivity index (χ4v) is 1.30. The number of nitrogens with one attached hydrogen (secondary N) is 1. The standard InChI is InChI=1S/C11H15NO2/c1-9(12-8-11(13)14)7-10-5-3-2-4-6-10/h2-6,9,12H,7-8H2,1H3,(H,13,14)/t9-/m1/s1. The summed E-state index contributed by atoms with van der Waals surface area (Å²) < 4.78 is 0. The van der Waals surface area contributed by atoms with Crippen LogP contribution in [0.4, 0.5) is 0 Å². The first-order valence-electron chi connectivity index (χ1n) is 4.67. The maximum absolute atomic E-state index is 10.3. The molecule has 14 heavy (non-hydrogen) atoms. The van der Waals surface area contributed by atoms with Crippen molar-refractivity contribution in [1.82, 2.24) is 5.32 Å². The van der Waals surface area contributed by atoms with Crippen LogP contribution in [0.3, 0.4) is 0 Å². The molecule has 0 aliphatic carbocycles. The monoisotopic (exact) mass is 193 g/mol. The topological polar surface area (TPSA) is 49.3 Å². The molecule has 1 rings (SSSR count). The molecule has 1 aromatic carbocycles. The molecule has 0 aliphatic heterocycles. The molecule has 0 saturated heterocycles. The third-order valence-electron chi connectivity index (χ3n) is 1.99. The minimum absolute atomic E-state index is 0.0218. The Morgan fingerprint density at radius 3 is 2.64 bits per heavy atom. The summed E-state index contributed by atoms with van der Waals surface area (Å²) in [5.74, 6) is -0.815. The Kier molecular flexibility index (Phi) is 4.13. The van der Waals surface area contributed by atoms with E-state index in [1.807, 2.05) is 37.3 Å². The molecule has 0 aromatic heterocycles. The number of rotatable bonds is 5. The predicted octanol–water partition coefficient (Wildman–Crippen LogP) is 1.29. The van der Waals surface area contributed by atoms with Gasteiger partial charge in [-0.15, -0.1) is 0 Å². The number of carboxylic acids is 1. The van der Waals surface area contributed by atoms with Gasteiger partial charge in [0.1, 0.15) is 0 Å². The fraction of sp³-hybridized carbons (Fsp3) is 0.364. The van der Waals surface area contributed by atoms with Crippen molar-refractivity contribution >= 4 is 5.97 Å². The second kappa shape index (κ2) is 5.40. The van der Waals surface area contributed by atoms with Gasteiger partial charge in [-0.25, -0.2) is 0 Å². The highest BCUT2D eigenvalue weighted by atomic mass is 16.4. The highest BCUT2D eigenvalue weighted by molar-refractivity contribution is 5.69. The Bertz CT molecular complexity index is 285. The summed E-state index contributed by atoms with van der Waals surface area (Å²) in [5.41, 5.74) is 1.22. The minimum atomic E-state index is -0.815. The SMILES string of the molecule is C[C@H](Cc1ccccc1)NCC(=O)O. The number of carbonyl (C=O) groups is 1. The first kappa shape index (κ1) is 10.7. The van der Waals surface area contributed by atoms with Crippen LogP contribution >= 0.6 is 0 Å². The maximum atomic E-state index is 10.3. The van der Waals surface area contributed by atoms with Crippen molar-refractivity contribution in [2.75, 3.05) is 6.54 Å². The Morgan fingerprint density at radius 2 is 2.07 bits per heavy atom. The summed E-state index contributed by atoms with van der Waals surface area (Å²) in [5, 5.41) is 11.4. The van der Waals surface area contributed by atoms with Crippen molar-refractivity contribution in [3.8, 4) is 0 Å². The van der Waals surface area contributed by atoms with Gasteiger partial charge in [-0.2, -0.15) is 0 Å². The smallest absolute Gasteiger partial charge is 0.317 e. The average molecular weight is 193 g/mol. The van der Waals surface area contributed by atoms with Gasteiger partial charge in [0.05, 0.1) is 6.54 Å². The summed E-state index contributed by atoms with van der Waals surface area (Å²) >= 11 is 0. The van der Waals surface area contributed by atoms with E-state index in [9.17, 15) is 4.79 Å². The Morgan fingerprint density at radius 1 is 1.43 bits per heavy atom. The van der Waals surface area contributed by atoms with Crippen molar-refractivity contribution in [3.05, 3.63) is 35.9 Å². The summed E-state index contributed by atoms with van der Waals surface area (Å²) in [6.07, 6.45) is 0.855. The lowest BCUT2D eigenvalue weighted by Crippen LogP contribution is -2.32. The van der Waals surface area contributed by atoms with Crippen LogP contribution in [0.5, 0.6) is 0 Å². The first-order valence-corrected chi connectivity index (χ1v) is 4.67. The summed E-state index contributed by atoms with van der Waals surface area (Å²) in [4.78, 5) is 10.3. The Labute approximate surface area is 83.8 Å². The highest BCUT2D eigenvalue weighted by Crippen LogP contribution is 2.02. The number of hydrogen-bond donors (Lipinski definition) is 2. The zero-order valence-electron chi connectivity index (χ0n) is 8.23. The van der Waals surface area contributed by atoms with Gasteiger partial charge in [0.2, 0.25) is 0 Å². The molecule has 0 fully saturated rings. The quantitative estimate of drug-likeness (QED) is 0.741. The molecule has 0 saturated carbocycles. The summed E-state index contributed by atoms with van der Waals surface area (Å²) in [6, 6.07) is 10.2. The van der Waals surface area contributed by atoms with Crippen LogP contribution in [-0.2, 0) is 11.2 Å². The van der Waals surface area contributed by atoms with Crippen molar-refractivity contribution in [1.29, 1.82) is 0 Å². The van der Waals surface area contributed by atoms with Gasteiger partial charge in [0, 0.05) is 6.04 Å². The number of aliphatic carboxylic acids is 1. The molecule has 0 unspecified atom stereocenters.